The standard InChI is InChI=1S/C24H18F2N6O3S/c1-13-23-20(31-30-13)11-19(29-24(23)35-17-7-9-22(27)28-12-17)14-2-5-16(6-3-14)32-36(33,34)21-10-15(25)4-8-18(21)26/h2-12,32H,1H3,(H2,27,28)(H,30,31). The van der Waals surface area contributed by atoms with Gasteiger partial charge in [-0.25, -0.2) is 27.2 Å². The maximum absolute atomic E-state index is 14.0. The van der Waals surface area contributed by atoms with E-state index >= 15 is 0 Å². The number of halogens is 2. The van der Waals surface area contributed by atoms with Crippen molar-refractivity contribution in [1.29, 1.82) is 0 Å². The summed E-state index contributed by atoms with van der Waals surface area (Å²) in [6.45, 7) is 1.84. The molecule has 0 saturated heterocycles. The van der Waals surface area contributed by atoms with Gasteiger partial charge in [0.1, 0.15) is 28.1 Å². The number of pyridine rings is 2. The summed E-state index contributed by atoms with van der Waals surface area (Å²) >= 11 is 0. The SMILES string of the molecule is Cc1[nH]nc2cc(-c3ccc(NS(=O)(=O)c4cc(F)ccc4F)cc3)nc(Oc3ccc(N)nc3)c12. The molecular formula is C24H18F2N6O3S. The third-order valence-electron chi connectivity index (χ3n) is 5.27. The number of nitrogens with zero attached hydrogens (tertiary/aromatic N) is 3. The van der Waals surface area contributed by atoms with Gasteiger partial charge in [0.25, 0.3) is 10.0 Å². The third kappa shape index (κ3) is 4.53. The van der Waals surface area contributed by atoms with Crippen LogP contribution in [0.5, 0.6) is 11.6 Å². The van der Waals surface area contributed by atoms with Crippen LogP contribution in [0, 0.1) is 18.6 Å². The lowest BCUT2D eigenvalue weighted by Gasteiger charge is -2.11. The number of anilines is 2. The van der Waals surface area contributed by atoms with Crippen molar-refractivity contribution in [3.05, 3.63) is 84.2 Å². The fourth-order valence-corrected chi connectivity index (χ4v) is 4.69. The highest BCUT2D eigenvalue weighted by Gasteiger charge is 2.20. The van der Waals surface area contributed by atoms with Gasteiger partial charge in [-0.2, -0.15) is 5.10 Å². The second-order valence-electron chi connectivity index (χ2n) is 7.83. The Morgan fingerprint density at radius 1 is 1.03 bits per heavy atom. The molecule has 0 bridgehead atoms. The van der Waals surface area contributed by atoms with Gasteiger partial charge in [-0.05, 0) is 55.5 Å². The minimum Gasteiger partial charge on any atom is -0.437 e. The molecule has 0 aliphatic carbocycles. The minimum absolute atomic E-state index is 0.156. The zero-order valence-electron chi connectivity index (χ0n) is 18.7. The first-order valence-corrected chi connectivity index (χ1v) is 12.0. The molecule has 0 atom stereocenters. The van der Waals surface area contributed by atoms with Gasteiger partial charge < -0.3 is 10.5 Å². The van der Waals surface area contributed by atoms with E-state index < -0.39 is 26.6 Å². The average molecular weight is 509 g/mol. The molecule has 182 valence electrons. The number of sulfonamides is 1. The summed E-state index contributed by atoms with van der Waals surface area (Å²) in [7, 11) is -4.34. The second kappa shape index (κ2) is 8.89. The number of nitrogens with one attached hydrogen (secondary N) is 2. The summed E-state index contributed by atoms with van der Waals surface area (Å²) in [5, 5.41) is 7.90. The van der Waals surface area contributed by atoms with Crippen molar-refractivity contribution in [3.63, 3.8) is 0 Å². The Bertz CT molecular complexity index is 1690. The third-order valence-corrected chi connectivity index (χ3v) is 6.67. The Labute approximate surface area is 204 Å². The fraction of sp³-hybridized carbons (Fsp3) is 0.0417. The lowest BCUT2D eigenvalue weighted by atomic mass is 10.1. The van der Waals surface area contributed by atoms with Crippen molar-refractivity contribution in [1.82, 2.24) is 20.2 Å². The number of ether oxygens (including phenoxy) is 1. The van der Waals surface area contributed by atoms with Gasteiger partial charge >= 0.3 is 0 Å². The number of benzene rings is 2. The number of aromatic nitrogens is 4. The van der Waals surface area contributed by atoms with Gasteiger partial charge in [0.05, 0.1) is 22.8 Å². The Morgan fingerprint density at radius 2 is 1.81 bits per heavy atom. The van der Waals surface area contributed by atoms with Gasteiger partial charge in [-0.1, -0.05) is 12.1 Å². The summed E-state index contributed by atoms with van der Waals surface area (Å²) in [5.74, 6) is -0.840. The van der Waals surface area contributed by atoms with E-state index in [2.05, 4.69) is 24.9 Å². The molecule has 3 heterocycles. The molecule has 0 saturated carbocycles. The number of H-pyrrole nitrogens is 1. The van der Waals surface area contributed by atoms with Gasteiger partial charge in [-0.3, -0.25) is 9.82 Å². The topological polar surface area (TPSA) is 136 Å². The second-order valence-corrected chi connectivity index (χ2v) is 9.48. The molecule has 5 rings (SSSR count). The van der Waals surface area contributed by atoms with Crippen molar-refractivity contribution >= 4 is 32.4 Å². The molecule has 0 unspecified atom stereocenters. The molecule has 0 aliphatic heterocycles. The number of aromatic amines is 1. The summed E-state index contributed by atoms with van der Waals surface area (Å²) in [4.78, 5) is 7.86. The molecule has 12 heteroatoms. The van der Waals surface area contributed by atoms with Crippen LogP contribution in [0.1, 0.15) is 5.69 Å². The van der Waals surface area contributed by atoms with Crippen molar-refractivity contribution < 1.29 is 21.9 Å². The molecule has 0 fully saturated rings. The van der Waals surface area contributed by atoms with E-state index in [4.69, 9.17) is 10.5 Å². The Morgan fingerprint density at radius 3 is 2.53 bits per heavy atom. The maximum atomic E-state index is 14.0. The van der Waals surface area contributed by atoms with Crippen LogP contribution in [0.2, 0.25) is 0 Å². The van der Waals surface area contributed by atoms with Crippen LogP contribution >= 0.6 is 0 Å². The van der Waals surface area contributed by atoms with Crippen molar-refractivity contribution in [2.75, 3.05) is 10.5 Å². The first-order valence-electron chi connectivity index (χ1n) is 10.5. The predicted octanol–water partition coefficient (Wildman–Crippen LogP) is 4.78. The van der Waals surface area contributed by atoms with Crippen LogP contribution < -0.4 is 15.2 Å². The van der Waals surface area contributed by atoms with Crippen molar-refractivity contribution in [3.8, 4) is 22.9 Å². The highest BCUT2D eigenvalue weighted by Crippen LogP contribution is 2.33. The molecule has 4 N–H and O–H groups in total. The van der Waals surface area contributed by atoms with Crippen LogP contribution in [0.3, 0.4) is 0 Å². The first kappa shape index (κ1) is 23.2. The van der Waals surface area contributed by atoms with Crippen LogP contribution in [0.15, 0.2) is 71.8 Å². The lowest BCUT2D eigenvalue weighted by molar-refractivity contribution is 0.467. The van der Waals surface area contributed by atoms with E-state index in [1.165, 1.54) is 18.3 Å². The highest BCUT2D eigenvalue weighted by molar-refractivity contribution is 7.92. The smallest absolute Gasteiger partial charge is 0.264 e. The largest absolute Gasteiger partial charge is 0.437 e. The summed E-state index contributed by atoms with van der Waals surface area (Å²) in [6.07, 6.45) is 1.48. The first-order chi connectivity index (χ1) is 17.2. The summed E-state index contributed by atoms with van der Waals surface area (Å²) < 4.78 is 60.7. The maximum Gasteiger partial charge on any atom is 0.264 e. The quantitative estimate of drug-likeness (QED) is 0.300. The Balaban J connectivity index is 1.46. The zero-order valence-corrected chi connectivity index (χ0v) is 19.5. The lowest BCUT2D eigenvalue weighted by Crippen LogP contribution is -2.14. The molecule has 0 spiro atoms. The predicted molar refractivity (Wildman–Crippen MR) is 130 cm³/mol. The molecule has 5 aromatic rings. The molecule has 0 amide bonds. The van der Waals surface area contributed by atoms with E-state index in [1.807, 2.05) is 6.92 Å². The van der Waals surface area contributed by atoms with Crippen LogP contribution in [-0.2, 0) is 10.0 Å². The van der Waals surface area contributed by atoms with Crippen molar-refractivity contribution in [2.24, 2.45) is 0 Å². The Kier molecular flexibility index (Phi) is 5.72. The summed E-state index contributed by atoms with van der Waals surface area (Å²) in [6, 6.07) is 13.5. The van der Waals surface area contributed by atoms with Gasteiger partial charge in [-0.15, -0.1) is 0 Å². The molecule has 36 heavy (non-hydrogen) atoms. The number of nitrogens with two attached hydrogens (primary N) is 1. The van der Waals surface area contributed by atoms with E-state index in [1.54, 1.807) is 30.3 Å². The fourth-order valence-electron chi connectivity index (χ4n) is 3.54. The molecular weight excluding hydrogens is 490 g/mol. The highest BCUT2D eigenvalue weighted by atomic mass is 32.2. The number of rotatable bonds is 6. The van der Waals surface area contributed by atoms with Gasteiger partial charge in [0, 0.05) is 16.9 Å². The van der Waals surface area contributed by atoms with Gasteiger partial charge in [0.15, 0.2) is 0 Å². The average Bonchev–Trinajstić information content (AvgIpc) is 3.23. The van der Waals surface area contributed by atoms with Crippen LogP contribution in [0.4, 0.5) is 20.3 Å². The van der Waals surface area contributed by atoms with E-state index in [-0.39, 0.29) is 5.69 Å². The summed E-state index contributed by atoms with van der Waals surface area (Å²) in [5.41, 5.74) is 8.32. The minimum atomic E-state index is -4.34. The van der Waals surface area contributed by atoms with Crippen molar-refractivity contribution in [2.45, 2.75) is 11.8 Å². The number of hydrogen-bond donors (Lipinski definition) is 3. The monoisotopic (exact) mass is 508 g/mol. The van der Waals surface area contributed by atoms with E-state index in [0.717, 1.165) is 17.8 Å². The van der Waals surface area contributed by atoms with E-state index in [9.17, 15) is 17.2 Å². The number of nitrogen functional groups attached to an aromatic ring is 1. The normalized spacial score (nSPS) is 11.5. The molecule has 9 nitrogen and oxygen atoms in total. The number of aryl methyl sites for hydroxylation is 1. The molecule has 0 aliphatic rings. The van der Waals surface area contributed by atoms with Crippen LogP contribution in [-0.4, -0.2) is 28.6 Å². The molecule has 3 aromatic heterocycles. The molecule has 2 aromatic carbocycles. The van der Waals surface area contributed by atoms with Gasteiger partial charge in [0.2, 0.25) is 5.88 Å². The van der Waals surface area contributed by atoms with E-state index in [0.29, 0.717) is 45.7 Å². The Hall–Kier alpha value is -4.58. The molecule has 0 radical (unpaired) electrons. The number of hydrogen-bond acceptors (Lipinski definition) is 7. The van der Waals surface area contributed by atoms with Crippen LogP contribution in [0.25, 0.3) is 22.2 Å². The zero-order chi connectivity index (χ0) is 25.4. The number of fused-ring (bicyclic) bond motifs is 1.